The molecule has 0 spiro atoms. The first-order chi connectivity index (χ1) is 16.3. The molecule has 0 aliphatic carbocycles. The van der Waals surface area contributed by atoms with Gasteiger partial charge in [0.25, 0.3) is 5.69 Å². The van der Waals surface area contributed by atoms with Gasteiger partial charge in [0.1, 0.15) is 0 Å². The number of rotatable bonds is 7. The van der Waals surface area contributed by atoms with E-state index in [0.29, 0.717) is 24.6 Å². The van der Waals surface area contributed by atoms with Crippen LogP contribution in [0, 0.1) is 16.0 Å². The predicted molar refractivity (Wildman–Crippen MR) is 121 cm³/mol. The van der Waals surface area contributed by atoms with Crippen molar-refractivity contribution in [2.24, 2.45) is 5.92 Å². The van der Waals surface area contributed by atoms with Crippen molar-refractivity contribution in [2.75, 3.05) is 20.1 Å². The van der Waals surface area contributed by atoms with E-state index >= 15 is 0 Å². The summed E-state index contributed by atoms with van der Waals surface area (Å²) in [6.07, 6.45) is 0.615. The molecule has 11 nitrogen and oxygen atoms in total. The fraction of sp³-hybridized carbons (Fsp3) is 0.318. The number of amides is 1. The van der Waals surface area contributed by atoms with Gasteiger partial charge in [0.05, 0.1) is 11.5 Å². The van der Waals surface area contributed by atoms with Gasteiger partial charge in [-0.25, -0.2) is 8.42 Å². The number of hydrogen-bond acceptors (Lipinski definition) is 8. The van der Waals surface area contributed by atoms with Crippen LogP contribution in [0.2, 0.25) is 0 Å². The second kappa shape index (κ2) is 9.69. The molecule has 3 aromatic rings. The molecule has 0 radical (unpaired) electrons. The van der Waals surface area contributed by atoms with E-state index in [9.17, 15) is 23.3 Å². The quantitative estimate of drug-likeness (QED) is 0.368. The first kappa shape index (κ1) is 23.5. The predicted octanol–water partition coefficient (Wildman–Crippen LogP) is 2.70. The maximum absolute atomic E-state index is 13.0. The molecule has 178 valence electrons. The Morgan fingerprint density at radius 1 is 1.12 bits per heavy atom. The lowest BCUT2D eigenvalue weighted by Gasteiger charge is -2.32. The molecular weight excluding hydrogens is 462 g/mol. The summed E-state index contributed by atoms with van der Waals surface area (Å²) in [4.78, 5) is 24.6. The summed E-state index contributed by atoms with van der Waals surface area (Å²) in [6, 6.07) is 14.6. The van der Waals surface area contributed by atoms with Crippen molar-refractivity contribution in [3.63, 3.8) is 0 Å². The Hall–Kier alpha value is -3.64. The fourth-order valence-corrected chi connectivity index (χ4v) is 5.54. The number of para-hydroxylation sites is 1. The normalized spacial score (nSPS) is 15.2. The van der Waals surface area contributed by atoms with Gasteiger partial charge in [-0.2, -0.15) is 4.31 Å². The van der Waals surface area contributed by atoms with Gasteiger partial charge in [0.2, 0.25) is 27.7 Å². The average Bonchev–Trinajstić information content (AvgIpc) is 3.32. The van der Waals surface area contributed by atoms with Crippen LogP contribution in [0.3, 0.4) is 0 Å². The summed E-state index contributed by atoms with van der Waals surface area (Å²) in [6.45, 7) is 0.322. The van der Waals surface area contributed by atoms with Crippen molar-refractivity contribution in [2.45, 2.75) is 24.3 Å². The second-order valence-electron chi connectivity index (χ2n) is 7.96. The fourth-order valence-electron chi connectivity index (χ4n) is 3.92. The summed E-state index contributed by atoms with van der Waals surface area (Å²) in [5.41, 5.74) is 0.317. The third kappa shape index (κ3) is 4.82. The minimum atomic E-state index is -4.05. The summed E-state index contributed by atoms with van der Waals surface area (Å²) in [5, 5.41) is 19.3. The van der Waals surface area contributed by atoms with Crippen LogP contribution in [0.5, 0.6) is 0 Å². The molecule has 4 rings (SSSR count). The molecule has 0 atom stereocenters. The number of hydrogen-bond donors (Lipinski definition) is 0. The molecule has 12 heteroatoms. The molecule has 2 aromatic carbocycles. The minimum Gasteiger partial charge on any atom is -0.419 e. The standard InChI is InChI=1S/C22H23N5O6S/c1-25(15-20-23-24-21(33-20)16-7-3-2-4-8-16)22(28)17-11-13-26(14-12-17)34(31,32)19-10-6-5-9-18(19)27(29)30/h2-10,17H,11-15H2,1H3. The van der Waals surface area contributed by atoms with E-state index in [-0.39, 0.29) is 36.4 Å². The molecule has 0 N–H and O–H groups in total. The summed E-state index contributed by atoms with van der Waals surface area (Å²) in [5.74, 6) is 0.136. The molecule has 0 saturated carbocycles. The van der Waals surface area contributed by atoms with Crippen LogP contribution in [0.15, 0.2) is 63.9 Å². The lowest BCUT2D eigenvalue weighted by molar-refractivity contribution is -0.387. The Kier molecular flexibility index (Phi) is 6.70. The van der Waals surface area contributed by atoms with Gasteiger partial charge in [0.15, 0.2) is 4.90 Å². The second-order valence-corrected chi connectivity index (χ2v) is 9.87. The highest BCUT2D eigenvalue weighted by atomic mass is 32.2. The lowest BCUT2D eigenvalue weighted by Crippen LogP contribution is -2.43. The number of nitro groups is 1. The summed E-state index contributed by atoms with van der Waals surface area (Å²) in [7, 11) is -2.42. The van der Waals surface area contributed by atoms with Crippen LogP contribution in [0.25, 0.3) is 11.5 Å². The largest absolute Gasteiger partial charge is 0.419 e. The van der Waals surface area contributed by atoms with Gasteiger partial charge < -0.3 is 9.32 Å². The minimum absolute atomic E-state index is 0.0946. The van der Waals surface area contributed by atoms with E-state index in [0.717, 1.165) is 5.56 Å². The van der Waals surface area contributed by atoms with Crippen molar-refractivity contribution in [1.29, 1.82) is 0 Å². The number of carbonyl (C=O) groups excluding carboxylic acids is 1. The lowest BCUT2D eigenvalue weighted by atomic mass is 9.97. The Labute approximate surface area is 196 Å². The van der Waals surface area contributed by atoms with Gasteiger partial charge in [-0.1, -0.05) is 30.3 Å². The van der Waals surface area contributed by atoms with Crippen LogP contribution in [-0.4, -0.2) is 58.8 Å². The number of nitro benzene ring substituents is 1. The third-order valence-electron chi connectivity index (χ3n) is 5.72. The van der Waals surface area contributed by atoms with E-state index in [1.54, 1.807) is 7.05 Å². The van der Waals surface area contributed by atoms with Crippen LogP contribution in [-0.2, 0) is 21.4 Å². The molecule has 1 aliphatic heterocycles. The number of nitrogens with zero attached hydrogens (tertiary/aromatic N) is 5. The highest BCUT2D eigenvalue weighted by Crippen LogP contribution is 2.30. The van der Waals surface area contributed by atoms with Crippen LogP contribution in [0.4, 0.5) is 5.69 Å². The Balaban J connectivity index is 1.37. The Morgan fingerprint density at radius 2 is 1.76 bits per heavy atom. The van der Waals surface area contributed by atoms with E-state index in [1.807, 2.05) is 30.3 Å². The topological polar surface area (TPSA) is 140 Å². The van der Waals surface area contributed by atoms with Gasteiger partial charge in [-0.3, -0.25) is 14.9 Å². The Bertz CT molecular complexity index is 1290. The zero-order valence-corrected chi connectivity index (χ0v) is 19.2. The molecule has 1 aliphatic rings. The van der Waals surface area contributed by atoms with Gasteiger partial charge in [-0.05, 0) is 31.0 Å². The van der Waals surface area contributed by atoms with Crippen molar-refractivity contribution in [1.82, 2.24) is 19.4 Å². The third-order valence-corrected chi connectivity index (χ3v) is 7.67. The number of piperidine rings is 1. The SMILES string of the molecule is CN(Cc1nnc(-c2ccccc2)o1)C(=O)C1CCN(S(=O)(=O)c2ccccc2[N+](=O)[O-])CC1. The van der Waals surface area contributed by atoms with E-state index < -0.39 is 20.6 Å². The number of aromatic nitrogens is 2. The van der Waals surface area contributed by atoms with E-state index in [1.165, 1.54) is 33.5 Å². The number of carbonyl (C=O) groups is 1. The molecule has 0 unspecified atom stereocenters. The molecule has 1 amide bonds. The highest BCUT2D eigenvalue weighted by molar-refractivity contribution is 7.89. The average molecular weight is 486 g/mol. The first-order valence-electron chi connectivity index (χ1n) is 10.6. The first-order valence-corrected chi connectivity index (χ1v) is 12.1. The maximum Gasteiger partial charge on any atom is 0.289 e. The summed E-state index contributed by atoms with van der Waals surface area (Å²) < 4.78 is 32.8. The van der Waals surface area contributed by atoms with Gasteiger partial charge in [0, 0.05) is 37.7 Å². The van der Waals surface area contributed by atoms with Crippen LogP contribution >= 0.6 is 0 Å². The molecule has 2 heterocycles. The molecule has 1 saturated heterocycles. The van der Waals surface area contributed by atoms with Gasteiger partial charge >= 0.3 is 0 Å². The van der Waals surface area contributed by atoms with Crippen molar-refractivity contribution >= 4 is 21.6 Å². The Morgan fingerprint density at radius 3 is 2.44 bits per heavy atom. The van der Waals surface area contributed by atoms with Gasteiger partial charge in [-0.15, -0.1) is 10.2 Å². The smallest absolute Gasteiger partial charge is 0.289 e. The van der Waals surface area contributed by atoms with E-state index in [2.05, 4.69) is 10.2 Å². The number of sulfonamides is 1. The van der Waals surface area contributed by atoms with Crippen molar-refractivity contribution < 1.29 is 22.6 Å². The monoisotopic (exact) mass is 485 g/mol. The summed E-state index contributed by atoms with van der Waals surface area (Å²) >= 11 is 0. The van der Waals surface area contributed by atoms with E-state index in [4.69, 9.17) is 4.42 Å². The highest BCUT2D eigenvalue weighted by Gasteiger charge is 2.36. The number of benzene rings is 2. The molecule has 0 bridgehead atoms. The zero-order valence-electron chi connectivity index (χ0n) is 18.4. The van der Waals surface area contributed by atoms with Crippen LogP contribution in [0.1, 0.15) is 18.7 Å². The zero-order chi connectivity index (χ0) is 24.3. The molecular formula is C22H23N5O6S. The van der Waals surface area contributed by atoms with Crippen molar-refractivity contribution in [3.8, 4) is 11.5 Å². The molecule has 1 fully saturated rings. The molecule has 1 aromatic heterocycles. The van der Waals surface area contributed by atoms with Crippen molar-refractivity contribution in [3.05, 3.63) is 70.6 Å². The maximum atomic E-state index is 13.0. The van der Waals surface area contributed by atoms with Crippen LogP contribution < -0.4 is 0 Å². The molecule has 34 heavy (non-hydrogen) atoms.